The molecule has 2 nitrogen and oxygen atoms in total. The van der Waals surface area contributed by atoms with E-state index < -0.39 is 0 Å². The van der Waals surface area contributed by atoms with Crippen LogP contribution in [0.1, 0.15) is 26.2 Å². The predicted molar refractivity (Wildman–Crippen MR) is 38.1 cm³/mol. The molecule has 0 amide bonds. The van der Waals surface area contributed by atoms with Crippen molar-refractivity contribution in [2.24, 2.45) is 11.7 Å². The average Bonchev–Trinajstić information content (AvgIpc) is 1.89. The van der Waals surface area contributed by atoms with Gasteiger partial charge in [-0.3, -0.25) is 0 Å². The Hall–Kier alpha value is -0.370. The van der Waals surface area contributed by atoms with Crippen LogP contribution in [0.4, 0.5) is 0 Å². The highest BCUT2D eigenvalue weighted by Crippen LogP contribution is 2.03. The molecule has 0 heterocycles. The normalized spacial score (nSPS) is 13.1. The van der Waals surface area contributed by atoms with Gasteiger partial charge in [-0.05, 0) is 25.3 Å². The van der Waals surface area contributed by atoms with Gasteiger partial charge in [-0.25, -0.2) is 0 Å². The molecule has 0 aliphatic rings. The van der Waals surface area contributed by atoms with E-state index in [9.17, 15) is 4.79 Å². The molecule has 0 spiro atoms. The first-order chi connectivity index (χ1) is 4.31. The van der Waals surface area contributed by atoms with Gasteiger partial charge in [0.25, 0.3) is 0 Å². The fourth-order valence-corrected chi connectivity index (χ4v) is 0.667. The van der Waals surface area contributed by atoms with Crippen LogP contribution in [-0.2, 0) is 4.79 Å². The molecule has 54 valence electrons. The molecule has 0 aliphatic heterocycles. The van der Waals surface area contributed by atoms with Crippen molar-refractivity contribution in [3.63, 3.8) is 0 Å². The van der Waals surface area contributed by atoms with Crippen molar-refractivity contribution in [3.05, 3.63) is 0 Å². The van der Waals surface area contributed by atoms with Gasteiger partial charge in [-0.1, -0.05) is 6.92 Å². The number of unbranched alkanes of at least 4 members (excludes halogenated alkanes) is 1. The Balaban J connectivity index is 2.96. The van der Waals surface area contributed by atoms with Gasteiger partial charge < -0.3 is 10.5 Å². The van der Waals surface area contributed by atoms with Crippen molar-refractivity contribution < 1.29 is 4.79 Å². The van der Waals surface area contributed by atoms with Crippen LogP contribution < -0.4 is 5.73 Å². The first-order valence-electron chi connectivity index (χ1n) is 3.45. The van der Waals surface area contributed by atoms with Crippen molar-refractivity contribution in [1.82, 2.24) is 0 Å². The molecular weight excluding hydrogens is 114 g/mol. The van der Waals surface area contributed by atoms with Crippen LogP contribution in [0.5, 0.6) is 0 Å². The minimum Gasteiger partial charge on any atom is -0.330 e. The van der Waals surface area contributed by atoms with Crippen LogP contribution in [0.3, 0.4) is 0 Å². The van der Waals surface area contributed by atoms with Crippen molar-refractivity contribution in [2.45, 2.75) is 26.2 Å². The SMILES string of the molecule is CC(CN)CCCC=O. The summed E-state index contributed by atoms with van der Waals surface area (Å²) < 4.78 is 0. The fourth-order valence-electron chi connectivity index (χ4n) is 0.667. The summed E-state index contributed by atoms with van der Waals surface area (Å²) >= 11 is 0. The van der Waals surface area contributed by atoms with Crippen LogP contribution >= 0.6 is 0 Å². The molecule has 0 bridgehead atoms. The Labute approximate surface area is 56.4 Å². The van der Waals surface area contributed by atoms with E-state index in [-0.39, 0.29) is 0 Å². The molecule has 0 saturated carbocycles. The van der Waals surface area contributed by atoms with E-state index in [1.807, 2.05) is 0 Å². The van der Waals surface area contributed by atoms with Gasteiger partial charge in [0.15, 0.2) is 0 Å². The maximum Gasteiger partial charge on any atom is 0.119 e. The molecule has 0 aromatic heterocycles. The lowest BCUT2D eigenvalue weighted by Gasteiger charge is -2.04. The lowest BCUT2D eigenvalue weighted by Crippen LogP contribution is -2.10. The highest BCUT2D eigenvalue weighted by atomic mass is 16.1. The van der Waals surface area contributed by atoms with E-state index in [0.29, 0.717) is 12.3 Å². The summed E-state index contributed by atoms with van der Waals surface area (Å²) in [6, 6.07) is 0. The quantitative estimate of drug-likeness (QED) is 0.443. The van der Waals surface area contributed by atoms with Crippen LogP contribution in [0.15, 0.2) is 0 Å². The fraction of sp³-hybridized carbons (Fsp3) is 0.857. The van der Waals surface area contributed by atoms with Crippen molar-refractivity contribution in [1.29, 1.82) is 0 Å². The minimum absolute atomic E-state index is 0.574. The molecule has 1 unspecified atom stereocenters. The molecule has 0 radical (unpaired) electrons. The minimum atomic E-state index is 0.574. The number of aldehydes is 1. The smallest absolute Gasteiger partial charge is 0.119 e. The molecular formula is C7H15NO. The van der Waals surface area contributed by atoms with Crippen LogP contribution in [0.2, 0.25) is 0 Å². The summed E-state index contributed by atoms with van der Waals surface area (Å²) in [6.45, 7) is 2.84. The lowest BCUT2D eigenvalue weighted by atomic mass is 10.1. The first kappa shape index (κ1) is 8.63. The van der Waals surface area contributed by atoms with Crippen LogP contribution in [0, 0.1) is 5.92 Å². The van der Waals surface area contributed by atoms with Gasteiger partial charge >= 0.3 is 0 Å². The zero-order chi connectivity index (χ0) is 7.11. The van der Waals surface area contributed by atoms with Crippen LogP contribution in [0.25, 0.3) is 0 Å². The molecule has 0 aromatic rings. The summed E-state index contributed by atoms with van der Waals surface area (Å²) in [5, 5.41) is 0. The molecule has 0 fully saturated rings. The summed E-state index contributed by atoms with van der Waals surface area (Å²) in [4.78, 5) is 9.84. The maximum absolute atomic E-state index is 9.84. The summed E-state index contributed by atoms with van der Waals surface area (Å²) in [7, 11) is 0. The number of nitrogens with two attached hydrogens (primary N) is 1. The Morgan fingerprint density at radius 1 is 1.67 bits per heavy atom. The second kappa shape index (κ2) is 5.76. The number of carbonyl (C=O) groups is 1. The molecule has 2 N–H and O–H groups in total. The molecule has 0 rings (SSSR count). The van der Waals surface area contributed by atoms with Gasteiger partial charge in [0, 0.05) is 6.42 Å². The summed E-state index contributed by atoms with van der Waals surface area (Å²) in [5.41, 5.74) is 5.37. The third-order valence-corrected chi connectivity index (χ3v) is 1.42. The Morgan fingerprint density at radius 3 is 2.78 bits per heavy atom. The van der Waals surface area contributed by atoms with Crippen LogP contribution in [-0.4, -0.2) is 12.8 Å². The maximum atomic E-state index is 9.84. The third-order valence-electron chi connectivity index (χ3n) is 1.42. The third kappa shape index (κ3) is 5.50. The number of hydrogen-bond donors (Lipinski definition) is 1. The van der Waals surface area contributed by atoms with E-state index in [2.05, 4.69) is 6.92 Å². The highest BCUT2D eigenvalue weighted by Gasteiger charge is 1.96. The summed E-state index contributed by atoms with van der Waals surface area (Å²) in [6.07, 6.45) is 3.71. The second-order valence-electron chi connectivity index (χ2n) is 2.44. The first-order valence-corrected chi connectivity index (χ1v) is 3.45. The molecule has 0 aliphatic carbocycles. The van der Waals surface area contributed by atoms with Gasteiger partial charge in [-0.2, -0.15) is 0 Å². The van der Waals surface area contributed by atoms with E-state index in [0.717, 1.165) is 25.7 Å². The van der Waals surface area contributed by atoms with Gasteiger partial charge in [-0.15, -0.1) is 0 Å². The van der Waals surface area contributed by atoms with E-state index in [4.69, 9.17) is 5.73 Å². The predicted octanol–water partition coefficient (Wildman–Crippen LogP) is 0.950. The number of carbonyl (C=O) groups excluding carboxylic acids is 1. The largest absolute Gasteiger partial charge is 0.330 e. The van der Waals surface area contributed by atoms with Crippen molar-refractivity contribution in [2.75, 3.05) is 6.54 Å². The standard InChI is InChI=1S/C7H15NO/c1-7(6-8)4-2-3-5-9/h5,7H,2-4,6,8H2,1H3. The molecule has 0 aromatic carbocycles. The number of hydrogen-bond acceptors (Lipinski definition) is 2. The van der Waals surface area contributed by atoms with E-state index in [1.165, 1.54) is 0 Å². The molecule has 1 atom stereocenters. The zero-order valence-corrected chi connectivity index (χ0v) is 5.97. The van der Waals surface area contributed by atoms with Gasteiger partial charge in [0.2, 0.25) is 0 Å². The highest BCUT2D eigenvalue weighted by molar-refractivity contribution is 5.48. The summed E-state index contributed by atoms with van der Waals surface area (Å²) in [5.74, 6) is 0.574. The van der Waals surface area contributed by atoms with Crippen molar-refractivity contribution in [3.8, 4) is 0 Å². The van der Waals surface area contributed by atoms with Gasteiger partial charge in [0.05, 0.1) is 0 Å². The molecule has 2 heteroatoms. The second-order valence-corrected chi connectivity index (χ2v) is 2.44. The lowest BCUT2D eigenvalue weighted by molar-refractivity contribution is -0.107. The van der Waals surface area contributed by atoms with E-state index >= 15 is 0 Å². The number of rotatable bonds is 5. The monoisotopic (exact) mass is 129 g/mol. The molecule has 9 heavy (non-hydrogen) atoms. The van der Waals surface area contributed by atoms with E-state index in [1.54, 1.807) is 0 Å². The van der Waals surface area contributed by atoms with Gasteiger partial charge in [0.1, 0.15) is 6.29 Å². The van der Waals surface area contributed by atoms with Crippen molar-refractivity contribution >= 4 is 6.29 Å². The Bertz CT molecular complexity index is 73.3. The zero-order valence-electron chi connectivity index (χ0n) is 5.97. The Morgan fingerprint density at radius 2 is 2.33 bits per heavy atom. The molecule has 0 saturated heterocycles. The topological polar surface area (TPSA) is 43.1 Å². The Kier molecular flexibility index (Phi) is 5.52. The average molecular weight is 129 g/mol.